The third-order valence-corrected chi connectivity index (χ3v) is 4.68. The van der Waals surface area contributed by atoms with Gasteiger partial charge in [0.1, 0.15) is 6.10 Å². The number of carbonyl (C=O) groups excluding carboxylic acids is 2. The minimum Gasteiger partial charge on any atom is -0.478 e. The number of carboxylic acid groups (broad SMARTS) is 1. The van der Waals surface area contributed by atoms with E-state index in [4.69, 9.17) is 9.84 Å². The number of ether oxygens (including phenoxy) is 1. The summed E-state index contributed by atoms with van der Waals surface area (Å²) in [4.78, 5) is 39.2. The Hall–Kier alpha value is -2.41. The Morgan fingerprint density at radius 3 is 2.48 bits per heavy atom. The highest BCUT2D eigenvalue weighted by Gasteiger charge is 2.31. The monoisotopic (exact) mass is 346 g/mol. The van der Waals surface area contributed by atoms with Gasteiger partial charge in [-0.15, -0.1) is 0 Å². The van der Waals surface area contributed by atoms with Crippen molar-refractivity contribution in [2.45, 2.75) is 25.4 Å². The number of hydrogen-bond donors (Lipinski definition) is 1. The molecule has 7 heteroatoms. The fourth-order valence-corrected chi connectivity index (χ4v) is 3.25. The molecule has 2 amide bonds. The fourth-order valence-electron chi connectivity index (χ4n) is 3.25. The molecule has 0 aromatic heterocycles. The van der Waals surface area contributed by atoms with Crippen molar-refractivity contribution in [1.29, 1.82) is 0 Å². The van der Waals surface area contributed by atoms with Crippen LogP contribution >= 0.6 is 0 Å². The Morgan fingerprint density at radius 1 is 1.12 bits per heavy atom. The molecular weight excluding hydrogens is 324 g/mol. The molecule has 0 spiro atoms. The maximum absolute atomic E-state index is 12.4. The Balaban J connectivity index is 1.52. The summed E-state index contributed by atoms with van der Waals surface area (Å²) in [6, 6.07) is 6.43. The number of amides is 2. The number of piperazine rings is 1. The van der Waals surface area contributed by atoms with Gasteiger partial charge in [0.15, 0.2) is 0 Å². The van der Waals surface area contributed by atoms with Gasteiger partial charge in [0.05, 0.1) is 12.0 Å². The highest BCUT2D eigenvalue weighted by Crippen LogP contribution is 2.16. The third kappa shape index (κ3) is 4.17. The van der Waals surface area contributed by atoms with E-state index < -0.39 is 5.97 Å². The first-order chi connectivity index (χ1) is 12.0. The van der Waals surface area contributed by atoms with Gasteiger partial charge in [0, 0.05) is 32.8 Å². The first kappa shape index (κ1) is 17.4. The molecule has 0 saturated carbocycles. The number of nitrogens with zero attached hydrogens (tertiary/aromatic N) is 2. The third-order valence-electron chi connectivity index (χ3n) is 4.68. The van der Waals surface area contributed by atoms with Crippen LogP contribution in [0.2, 0.25) is 0 Å². The zero-order chi connectivity index (χ0) is 17.8. The minimum atomic E-state index is -1.00. The number of rotatable bonds is 4. The summed E-state index contributed by atoms with van der Waals surface area (Å²) in [5, 5.41) is 9.02. The topological polar surface area (TPSA) is 87.2 Å². The van der Waals surface area contributed by atoms with Crippen molar-refractivity contribution in [3.8, 4) is 0 Å². The number of carboxylic acids is 1. The molecule has 0 radical (unpaired) electrons. The molecule has 134 valence electrons. The van der Waals surface area contributed by atoms with Crippen LogP contribution in [0.3, 0.4) is 0 Å². The van der Waals surface area contributed by atoms with Gasteiger partial charge in [-0.25, -0.2) is 4.79 Å². The average Bonchev–Trinajstić information content (AvgIpc) is 3.16. The molecule has 1 aromatic carbocycles. The predicted octanol–water partition coefficient (Wildman–Crippen LogP) is 0.777. The number of carbonyl (C=O) groups is 3. The van der Waals surface area contributed by atoms with Gasteiger partial charge >= 0.3 is 5.97 Å². The molecule has 2 aliphatic heterocycles. The molecule has 0 bridgehead atoms. The van der Waals surface area contributed by atoms with E-state index in [2.05, 4.69) is 0 Å². The number of aromatic carboxylic acids is 1. The van der Waals surface area contributed by atoms with E-state index in [0.717, 1.165) is 12.8 Å². The second-order valence-electron chi connectivity index (χ2n) is 6.39. The molecule has 7 nitrogen and oxygen atoms in total. The van der Waals surface area contributed by atoms with E-state index in [1.54, 1.807) is 21.9 Å². The molecular formula is C18H22N2O5. The first-order valence-corrected chi connectivity index (χ1v) is 8.55. The molecule has 1 atom stereocenters. The smallest absolute Gasteiger partial charge is 0.335 e. The van der Waals surface area contributed by atoms with Crippen molar-refractivity contribution in [1.82, 2.24) is 9.80 Å². The van der Waals surface area contributed by atoms with Gasteiger partial charge < -0.3 is 19.6 Å². The van der Waals surface area contributed by atoms with Crippen LogP contribution in [0.5, 0.6) is 0 Å². The van der Waals surface area contributed by atoms with Crippen molar-refractivity contribution in [3.63, 3.8) is 0 Å². The van der Waals surface area contributed by atoms with Gasteiger partial charge in [0.2, 0.25) is 5.91 Å². The maximum Gasteiger partial charge on any atom is 0.335 e. The largest absolute Gasteiger partial charge is 0.478 e. The summed E-state index contributed by atoms with van der Waals surface area (Å²) in [5.74, 6) is -1.03. The van der Waals surface area contributed by atoms with Crippen LogP contribution in [-0.4, -0.2) is 71.6 Å². The second kappa shape index (κ2) is 7.65. The van der Waals surface area contributed by atoms with E-state index in [9.17, 15) is 14.4 Å². The minimum absolute atomic E-state index is 0.0266. The second-order valence-corrected chi connectivity index (χ2v) is 6.39. The molecule has 2 heterocycles. The van der Waals surface area contributed by atoms with Crippen molar-refractivity contribution in [2.75, 3.05) is 32.8 Å². The highest BCUT2D eigenvalue weighted by molar-refractivity contribution is 5.88. The SMILES string of the molecule is O=C(O)c1cccc(CC(=O)N2CCN(C(=O)C3CCCO3)CC2)c1. The molecule has 0 aliphatic carbocycles. The van der Waals surface area contributed by atoms with Crippen LogP contribution in [-0.2, 0) is 20.7 Å². The van der Waals surface area contributed by atoms with Gasteiger partial charge in [-0.2, -0.15) is 0 Å². The van der Waals surface area contributed by atoms with Crippen molar-refractivity contribution in [3.05, 3.63) is 35.4 Å². The molecule has 25 heavy (non-hydrogen) atoms. The van der Waals surface area contributed by atoms with Gasteiger partial charge in [0.25, 0.3) is 5.91 Å². The molecule has 2 fully saturated rings. The lowest BCUT2D eigenvalue weighted by Crippen LogP contribution is -2.53. The first-order valence-electron chi connectivity index (χ1n) is 8.55. The zero-order valence-electron chi connectivity index (χ0n) is 14.0. The van der Waals surface area contributed by atoms with E-state index >= 15 is 0 Å². The van der Waals surface area contributed by atoms with Crippen LogP contribution in [0.4, 0.5) is 0 Å². The predicted molar refractivity (Wildman–Crippen MR) is 89.2 cm³/mol. The Bertz CT molecular complexity index is 661. The summed E-state index contributed by atoms with van der Waals surface area (Å²) in [6.07, 6.45) is 1.55. The summed E-state index contributed by atoms with van der Waals surface area (Å²) < 4.78 is 5.43. The molecule has 1 N–H and O–H groups in total. The Morgan fingerprint density at radius 2 is 1.84 bits per heavy atom. The lowest BCUT2D eigenvalue weighted by molar-refractivity contribution is -0.145. The zero-order valence-corrected chi connectivity index (χ0v) is 14.0. The standard InChI is InChI=1S/C18H22N2O5/c21-16(12-13-3-1-4-14(11-13)18(23)24)19-6-8-20(9-7-19)17(22)15-5-2-10-25-15/h1,3-4,11,15H,2,5-10,12H2,(H,23,24). The summed E-state index contributed by atoms with van der Waals surface area (Å²) in [6.45, 7) is 2.66. The van der Waals surface area contributed by atoms with Crippen LogP contribution in [0.1, 0.15) is 28.8 Å². The van der Waals surface area contributed by atoms with Crippen LogP contribution in [0.15, 0.2) is 24.3 Å². The van der Waals surface area contributed by atoms with E-state index in [-0.39, 0.29) is 29.9 Å². The number of benzene rings is 1. The normalized spacial score (nSPS) is 20.6. The summed E-state index contributed by atoms with van der Waals surface area (Å²) in [7, 11) is 0. The molecule has 1 aromatic rings. The fraction of sp³-hybridized carbons (Fsp3) is 0.500. The van der Waals surface area contributed by atoms with Crippen molar-refractivity contribution < 1.29 is 24.2 Å². The molecule has 1 unspecified atom stereocenters. The lowest BCUT2D eigenvalue weighted by Gasteiger charge is -2.35. The van der Waals surface area contributed by atoms with Crippen LogP contribution in [0.25, 0.3) is 0 Å². The van der Waals surface area contributed by atoms with E-state index in [1.165, 1.54) is 12.1 Å². The van der Waals surface area contributed by atoms with Gasteiger partial charge in [-0.1, -0.05) is 12.1 Å². The summed E-state index contributed by atoms with van der Waals surface area (Å²) >= 11 is 0. The summed E-state index contributed by atoms with van der Waals surface area (Å²) in [5.41, 5.74) is 0.861. The van der Waals surface area contributed by atoms with Gasteiger partial charge in [-0.3, -0.25) is 9.59 Å². The maximum atomic E-state index is 12.4. The van der Waals surface area contributed by atoms with E-state index in [1.807, 2.05) is 0 Å². The lowest BCUT2D eigenvalue weighted by atomic mass is 10.1. The Labute approximate surface area is 146 Å². The number of hydrogen-bond acceptors (Lipinski definition) is 4. The van der Waals surface area contributed by atoms with E-state index in [0.29, 0.717) is 38.3 Å². The van der Waals surface area contributed by atoms with Crippen LogP contribution in [0, 0.1) is 0 Å². The molecule has 3 rings (SSSR count). The quantitative estimate of drug-likeness (QED) is 0.870. The Kier molecular flexibility index (Phi) is 5.33. The molecule has 2 saturated heterocycles. The average molecular weight is 346 g/mol. The highest BCUT2D eigenvalue weighted by atomic mass is 16.5. The van der Waals surface area contributed by atoms with Gasteiger partial charge in [-0.05, 0) is 30.5 Å². The van der Waals surface area contributed by atoms with Crippen molar-refractivity contribution >= 4 is 17.8 Å². The van der Waals surface area contributed by atoms with Crippen molar-refractivity contribution in [2.24, 2.45) is 0 Å². The molecule has 2 aliphatic rings. The van der Waals surface area contributed by atoms with Crippen LogP contribution < -0.4 is 0 Å².